The lowest BCUT2D eigenvalue weighted by Crippen LogP contribution is -2.30. The maximum absolute atomic E-state index is 3.64. The highest BCUT2D eigenvalue weighted by atomic mass is 14.9. The second kappa shape index (κ2) is 3.78. The molecular formula is C11H23N. The van der Waals surface area contributed by atoms with Gasteiger partial charge in [0.25, 0.3) is 0 Å². The van der Waals surface area contributed by atoms with Gasteiger partial charge >= 0.3 is 0 Å². The van der Waals surface area contributed by atoms with Crippen molar-refractivity contribution in [2.24, 2.45) is 11.3 Å². The summed E-state index contributed by atoms with van der Waals surface area (Å²) >= 11 is 0. The van der Waals surface area contributed by atoms with E-state index in [1.165, 1.54) is 25.8 Å². The Kier molecular flexibility index (Phi) is 3.16. The number of hydrogen-bond acceptors (Lipinski definition) is 1. The van der Waals surface area contributed by atoms with E-state index >= 15 is 0 Å². The Labute approximate surface area is 76.9 Å². The van der Waals surface area contributed by atoms with E-state index < -0.39 is 0 Å². The Morgan fingerprint density at radius 1 is 1.33 bits per heavy atom. The molecule has 0 bridgehead atoms. The fourth-order valence-corrected chi connectivity index (χ4v) is 1.81. The molecule has 0 heterocycles. The monoisotopic (exact) mass is 169 g/mol. The standard InChI is InChI=1S/C11H23N/c1-5-10(6-2)12-8-9-7-11(9,3)4/h9-10,12H,5-8H2,1-4H3. The van der Waals surface area contributed by atoms with Crippen LogP contribution >= 0.6 is 0 Å². The van der Waals surface area contributed by atoms with Gasteiger partial charge in [0.05, 0.1) is 0 Å². The molecule has 1 aliphatic carbocycles. The molecule has 0 aromatic carbocycles. The predicted octanol–water partition coefficient (Wildman–Crippen LogP) is 2.81. The second-order valence-corrected chi connectivity index (χ2v) is 4.81. The van der Waals surface area contributed by atoms with Gasteiger partial charge in [0.1, 0.15) is 0 Å². The maximum Gasteiger partial charge on any atom is 0.00619 e. The Hall–Kier alpha value is -0.0400. The average molecular weight is 169 g/mol. The molecule has 0 spiro atoms. The summed E-state index contributed by atoms with van der Waals surface area (Å²) in [6.45, 7) is 10.5. The fourth-order valence-electron chi connectivity index (χ4n) is 1.81. The highest BCUT2D eigenvalue weighted by molar-refractivity contribution is 4.96. The van der Waals surface area contributed by atoms with Crippen molar-refractivity contribution >= 4 is 0 Å². The molecule has 72 valence electrons. The minimum absolute atomic E-state index is 0.638. The Balaban J connectivity index is 2.10. The fraction of sp³-hybridized carbons (Fsp3) is 1.00. The summed E-state index contributed by atoms with van der Waals surface area (Å²) in [4.78, 5) is 0. The molecule has 0 saturated heterocycles. The highest BCUT2D eigenvalue weighted by Crippen LogP contribution is 2.51. The molecule has 1 nitrogen and oxygen atoms in total. The summed E-state index contributed by atoms with van der Waals surface area (Å²) in [5.74, 6) is 0.943. The summed E-state index contributed by atoms with van der Waals surface area (Å²) in [6, 6.07) is 0.751. The maximum atomic E-state index is 3.64. The summed E-state index contributed by atoms with van der Waals surface area (Å²) in [5, 5.41) is 3.64. The molecule has 0 aliphatic heterocycles. The van der Waals surface area contributed by atoms with Crippen LogP contribution in [0.4, 0.5) is 0 Å². The normalized spacial score (nSPS) is 26.2. The summed E-state index contributed by atoms with van der Waals surface area (Å²) in [6.07, 6.45) is 3.95. The molecule has 1 unspecified atom stereocenters. The zero-order valence-electron chi connectivity index (χ0n) is 8.98. The quantitative estimate of drug-likeness (QED) is 0.667. The zero-order valence-corrected chi connectivity index (χ0v) is 8.98. The van der Waals surface area contributed by atoms with Crippen LogP contribution in [0.15, 0.2) is 0 Å². The molecule has 0 amide bonds. The molecule has 12 heavy (non-hydrogen) atoms. The minimum atomic E-state index is 0.638. The van der Waals surface area contributed by atoms with Gasteiger partial charge in [0.2, 0.25) is 0 Å². The molecule has 1 rings (SSSR count). The SMILES string of the molecule is CCC(CC)NCC1CC1(C)C. The van der Waals surface area contributed by atoms with E-state index in [1.54, 1.807) is 0 Å². The lowest BCUT2D eigenvalue weighted by atomic mass is 10.1. The zero-order chi connectivity index (χ0) is 9.19. The van der Waals surface area contributed by atoms with Gasteiger partial charge in [-0.25, -0.2) is 0 Å². The van der Waals surface area contributed by atoms with Crippen LogP contribution in [-0.4, -0.2) is 12.6 Å². The van der Waals surface area contributed by atoms with Gasteiger partial charge in [0, 0.05) is 6.04 Å². The van der Waals surface area contributed by atoms with E-state index in [2.05, 4.69) is 33.0 Å². The topological polar surface area (TPSA) is 12.0 Å². The van der Waals surface area contributed by atoms with Gasteiger partial charge in [-0.15, -0.1) is 0 Å². The Bertz CT molecular complexity index is 134. The molecular weight excluding hydrogens is 146 g/mol. The average Bonchev–Trinajstić information content (AvgIpc) is 2.61. The third kappa shape index (κ3) is 2.48. The molecule has 1 heteroatoms. The van der Waals surface area contributed by atoms with E-state index in [9.17, 15) is 0 Å². The third-order valence-electron chi connectivity index (χ3n) is 3.36. The smallest absolute Gasteiger partial charge is 0.00619 e. The van der Waals surface area contributed by atoms with E-state index in [1.807, 2.05) is 0 Å². The molecule has 1 aliphatic rings. The predicted molar refractivity (Wildman–Crippen MR) is 54.3 cm³/mol. The first-order chi connectivity index (χ1) is 5.60. The van der Waals surface area contributed by atoms with Crippen molar-refractivity contribution in [2.45, 2.75) is 53.0 Å². The van der Waals surface area contributed by atoms with E-state index in [0.29, 0.717) is 5.41 Å². The largest absolute Gasteiger partial charge is 0.314 e. The van der Waals surface area contributed by atoms with Gasteiger partial charge < -0.3 is 5.32 Å². The van der Waals surface area contributed by atoms with Crippen LogP contribution in [-0.2, 0) is 0 Å². The number of nitrogens with one attached hydrogen (secondary N) is 1. The second-order valence-electron chi connectivity index (χ2n) is 4.81. The third-order valence-corrected chi connectivity index (χ3v) is 3.36. The van der Waals surface area contributed by atoms with Gasteiger partial charge in [-0.1, -0.05) is 27.7 Å². The van der Waals surface area contributed by atoms with Gasteiger partial charge in [-0.2, -0.15) is 0 Å². The number of rotatable bonds is 5. The van der Waals surface area contributed by atoms with Gasteiger partial charge in [-0.05, 0) is 37.1 Å². The Morgan fingerprint density at radius 3 is 2.17 bits per heavy atom. The van der Waals surface area contributed by atoms with E-state index in [4.69, 9.17) is 0 Å². The summed E-state index contributed by atoms with van der Waals surface area (Å²) in [7, 11) is 0. The lowest BCUT2D eigenvalue weighted by molar-refractivity contribution is 0.442. The first kappa shape index (κ1) is 10.0. The van der Waals surface area contributed by atoms with Crippen molar-refractivity contribution in [1.82, 2.24) is 5.32 Å². The molecule has 0 aromatic heterocycles. The Morgan fingerprint density at radius 2 is 1.83 bits per heavy atom. The summed E-state index contributed by atoms with van der Waals surface area (Å²) < 4.78 is 0. The van der Waals surface area contributed by atoms with Crippen LogP contribution in [0.25, 0.3) is 0 Å². The molecule has 1 N–H and O–H groups in total. The molecule has 1 fully saturated rings. The molecule has 1 saturated carbocycles. The van der Waals surface area contributed by atoms with Crippen LogP contribution in [0.3, 0.4) is 0 Å². The van der Waals surface area contributed by atoms with Crippen molar-refractivity contribution in [3.05, 3.63) is 0 Å². The summed E-state index contributed by atoms with van der Waals surface area (Å²) in [5.41, 5.74) is 0.638. The van der Waals surface area contributed by atoms with E-state index in [0.717, 1.165) is 12.0 Å². The van der Waals surface area contributed by atoms with Gasteiger partial charge in [-0.3, -0.25) is 0 Å². The molecule has 0 radical (unpaired) electrons. The van der Waals surface area contributed by atoms with Crippen LogP contribution in [0, 0.1) is 11.3 Å². The van der Waals surface area contributed by atoms with Crippen molar-refractivity contribution in [2.75, 3.05) is 6.54 Å². The van der Waals surface area contributed by atoms with E-state index in [-0.39, 0.29) is 0 Å². The van der Waals surface area contributed by atoms with Crippen molar-refractivity contribution in [3.63, 3.8) is 0 Å². The number of hydrogen-bond donors (Lipinski definition) is 1. The van der Waals surface area contributed by atoms with Gasteiger partial charge in [0.15, 0.2) is 0 Å². The molecule has 1 atom stereocenters. The van der Waals surface area contributed by atoms with Crippen molar-refractivity contribution < 1.29 is 0 Å². The highest BCUT2D eigenvalue weighted by Gasteiger charge is 2.44. The lowest BCUT2D eigenvalue weighted by Gasteiger charge is -2.14. The van der Waals surface area contributed by atoms with Crippen LogP contribution in [0.2, 0.25) is 0 Å². The first-order valence-corrected chi connectivity index (χ1v) is 5.33. The van der Waals surface area contributed by atoms with Crippen LogP contribution in [0.1, 0.15) is 47.0 Å². The minimum Gasteiger partial charge on any atom is -0.314 e. The van der Waals surface area contributed by atoms with Crippen LogP contribution < -0.4 is 5.32 Å². The van der Waals surface area contributed by atoms with Crippen molar-refractivity contribution in [3.8, 4) is 0 Å². The first-order valence-electron chi connectivity index (χ1n) is 5.33. The molecule has 0 aromatic rings. The van der Waals surface area contributed by atoms with Crippen LogP contribution in [0.5, 0.6) is 0 Å². The van der Waals surface area contributed by atoms with Crippen molar-refractivity contribution in [1.29, 1.82) is 0 Å².